The van der Waals surface area contributed by atoms with Crippen LogP contribution in [0, 0.1) is 0 Å². The number of hydrogen-bond acceptors (Lipinski definition) is 4. The highest BCUT2D eigenvalue weighted by Crippen LogP contribution is 2.52. The number of nitrogens with zero attached hydrogens (tertiary/aromatic N) is 4. The molecule has 5 nitrogen and oxygen atoms in total. The lowest BCUT2D eigenvalue weighted by atomic mass is 9.95. The van der Waals surface area contributed by atoms with Gasteiger partial charge in [-0.2, -0.15) is 10.1 Å². The molecule has 0 radical (unpaired) electrons. The number of aryl methyl sites for hydroxylation is 1. The van der Waals surface area contributed by atoms with Gasteiger partial charge in [-0.25, -0.2) is 8.78 Å². The van der Waals surface area contributed by atoms with E-state index in [4.69, 9.17) is 4.52 Å². The van der Waals surface area contributed by atoms with Gasteiger partial charge in [0.2, 0.25) is 0 Å². The Bertz CT molecular complexity index is 837. The van der Waals surface area contributed by atoms with Crippen LogP contribution in [0.25, 0.3) is 11.6 Å². The standard InChI is InChI=1S/C16H14F2N4O/c1-22-12(13(17)18)9-11(20-22)14-19-15(21-23-14)16(7-8-16)10-5-3-2-4-6-10/h2-6,9,13H,7-8H2,1H3. The molecule has 0 spiro atoms. The molecule has 2 heterocycles. The molecule has 0 amide bonds. The average molecular weight is 316 g/mol. The molecule has 2 aromatic heterocycles. The molecule has 0 atom stereocenters. The van der Waals surface area contributed by atoms with Gasteiger partial charge in [-0.1, -0.05) is 35.5 Å². The van der Waals surface area contributed by atoms with E-state index in [-0.39, 0.29) is 22.7 Å². The van der Waals surface area contributed by atoms with Crippen LogP contribution in [0.5, 0.6) is 0 Å². The Labute approximate surface area is 130 Å². The van der Waals surface area contributed by atoms with Gasteiger partial charge in [0, 0.05) is 7.05 Å². The van der Waals surface area contributed by atoms with E-state index in [0.29, 0.717) is 5.82 Å². The van der Waals surface area contributed by atoms with Gasteiger partial charge >= 0.3 is 0 Å². The summed E-state index contributed by atoms with van der Waals surface area (Å²) in [7, 11) is 1.47. The van der Waals surface area contributed by atoms with Gasteiger partial charge < -0.3 is 4.52 Å². The first-order chi connectivity index (χ1) is 11.1. The Balaban J connectivity index is 1.69. The molecule has 23 heavy (non-hydrogen) atoms. The summed E-state index contributed by atoms with van der Waals surface area (Å²) in [6, 6.07) is 11.3. The van der Waals surface area contributed by atoms with Gasteiger partial charge in [-0.15, -0.1) is 0 Å². The fourth-order valence-electron chi connectivity index (χ4n) is 2.84. The second-order valence-corrected chi connectivity index (χ2v) is 5.75. The minimum Gasteiger partial charge on any atom is -0.332 e. The lowest BCUT2D eigenvalue weighted by Gasteiger charge is -2.09. The van der Waals surface area contributed by atoms with E-state index < -0.39 is 6.43 Å². The van der Waals surface area contributed by atoms with E-state index in [0.717, 1.165) is 23.1 Å². The smallest absolute Gasteiger partial charge is 0.280 e. The molecule has 4 rings (SSSR count). The molecule has 0 aliphatic heterocycles. The quantitative estimate of drug-likeness (QED) is 0.739. The number of halogens is 2. The monoisotopic (exact) mass is 316 g/mol. The van der Waals surface area contributed by atoms with Gasteiger partial charge in [-0.05, 0) is 24.5 Å². The molecule has 0 unspecified atom stereocenters. The number of aromatic nitrogens is 4. The maximum absolute atomic E-state index is 12.9. The maximum Gasteiger partial charge on any atom is 0.280 e. The lowest BCUT2D eigenvalue weighted by molar-refractivity contribution is 0.141. The summed E-state index contributed by atoms with van der Waals surface area (Å²) in [5.41, 5.74) is 1.01. The Kier molecular flexibility index (Phi) is 3.04. The van der Waals surface area contributed by atoms with Crippen LogP contribution in [0.3, 0.4) is 0 Å². The highest BCUT2D eigenvalue weighted by atomic mass is 19.3. The summed E-state index contributed by atoms with van der Waals surface area (Å²) >= 11 is 0. The van der Waals surface area contributed by atoms with Crippen LogP contribution in [0.2, 0.25) is 0 Å². The highest BCUT2D eigenvalue weighted by molar-refractivity contribution is 5.49. The van der Waals surface area contributed by atoms with E-state index in [9.17, 15) is 8.78 Å². The van der Waals surface area contributed by atoms with E-state index >= 15 is 0 Å². The summed E-state index contributed by atoms with van der Waals surface area (Å²) in [5.74, 6) is 0.757. The molecule has 3 aromatic rings. The first-order valence-corrected chi connectivity index (χ1v) is 7.32. The van der Waals surface area contributed by atoms with Crippen molar-refractivity contribution in [3.05, 3.63) is 53.5 Å². The van der Waals surface area contributed by atoms with Crippen LogP contribution in [-0.2, 0) is 12.5 Å². The number of benzene rings is 1. The minimum atomic E-state index is -2.59. The van der Waals surface area contributed by atoms with Crippen molar-refractivity contribution in [3.63, 3.8) is 0 Å². The van der Waals surface area contributed by atoms with Crippen LogP contribution < -0.4 is 0 Å². The van der Waals surface area contributed by atoms with E-state index in [1.54, 1.807) is 0 Å². The second-order valence-electron chi connectivity index (χ2n) is 5.75. The zero-order valence-corrected chi connectivity index (χ0v) is 12.4. The van der Waals surface area contributed by atoms with Crippen LogP contribution in [0.15, 0.2) is 40.9 Å². The third kappa shape index (κ3) is 2.23. The van der Waals surface area contributed by atoms with Crippen molar-refractivity contribution in [2.24, 2.45) is 7.05 Å². The molecule has 118 valence electrons. The number of alkyl halides is 2. The molecule has 1 saturated carbocycles. The van der Waals surface area contributed by atoms with Gasteiger partial charge in [0.15, 0.2) is 11.5 Å². The highest BCUT2D eigenvalue weighted by Gasteiger charge is 2.50. The molecular formula is C16H14F2N4O. The van der Waals surface area contributed by atoms with Crippen molar-refractivity contribution >= 4 is 0 Å². The van der Waals surface area contributed by atoms with Gasteiger partial charge in [0.05, 0.1) is 5.41 Å². The fourth-order valence-corrected chi connectivity index (χ4v) is 2.84. The van der Waals surface area contributed by atoms with Gasteiger partial charge in [-0.3, -0.25) is 4.68 Å². The minimum absolute atomic E-state index is 0.171. The Hall–Kier alpha value is -2.57. The lowest BCUT2D eigenvalue weighted by Crippen LogP contribution is -2.10. The zero-order valence-electron chi connectivity index (χ0n) is 12.4. The SMILES string of the molecule is Cn1nc(-c2nc(C3(c4ccccc4)CC3)no2)cc1C(F)F. The van der Waals surface area contributed by atoms with E-state index in [2.05, 4.69) is 15.2 Å². The molecule has 7 heteroatoms. The van der Waals surface area contributed by atoms with Crippen molar-refractivity contribution in [3.8, 4) is 11.6 Å². The van der Waals surface area contributed by atoms with Crippen LogP contribution >= 0.6 is 0 Å². The first kappa shape index (κ1) is 14.0. The van der Waals surface area contributed by atoms with E-state index in [1.807, 2.05) is 30.3 Å². The summed E-state index contributed by atoms with van der Waals surface area (Å²) < 4.78 is 32.1. The summed E-state index contributed by atoms with van der Waals surface area (Å²) in [4.78, 5) is 4.41. The fraction of sp³-hybridized carbons (Fsp3) is 0.312. The maximum atomic E-state index is 12.9. The molecule has 1 aliphatic rings. The van der Waals surface area contributed by atoms with Gasteiger partial charge in [0.1, 0.15) is 5.69 Å². The zero-order chi connectivity index (χ0) is 16.0. The molecule has 1 aromatic carbocycles. The van der Waals surface area contributed by atoms with Crippen LogP contribution in [0.4, 0.5) is 8.78 Å². The third-order valence-electron chi connectivity index (χ3n) is 4.29. The summed E-state index contributed by atoms with van der Waals surface area (Å²) in [5, 5.41) is 8.10. The second kappa shape index (κ2) is 4.97. The Morgan fingerprint density at radius 1 is 1.22 bits per heavy atom. The predicted molar refractivity (Wildman–Crippen MR) is 77.9 cm³/mol. The van der Waals surface area contributed by atoms with Crippen molar-refractivity contribution < 1.29 is 13.3 Å². The first-order valence-electron chi connectivity index (χ1n) is 7.32. The molecule has 1 aliphatic carbocycles. The van der Waals surface area contributed by atoms with Crippen LogP contribution in [-0.4, -0.2) is 19.9 Å². The normalized spacial score (nSPS) is 16.0. The summed E-state index contributed by atoms with van der Waals surface area (Å²) in [6.45, 7) is 0. The largest absolute Gasteiger partial charge is 0.332 e. The van der Waals surface area contributed by atoms with Crippen molar-refractivity contribution in [2.45, 2.75) is 24.7 Å². The topological polar surface area (TPSA) is 56.7 Å². The predicted octanol–water partition coefficient (Wildman–Crippen LogP) is 3.49. The number of hydrogen-bond donors (Lipinski definition) is 0. The van der Waals surface area contributed by atoms with Crippen LogP contribution in [0.1, 0.15) is 36.3 Å². The number of rotatable bonds is 4. The molecular weight excluding hydrogens is 302 g/mol. The third-order valence-corrected chi connectivity index (χ3v) is 4.29. The van der Waals surface area contributed by atoms with Crippen molar-refractivity contribution in [1.82, 2.24) is 19.9 Å². The molecule has 0 bridgehead atoms. The molecule has 1 fully saturated rings. The summed E-state index contributed by atoms with van der Waals surface area (Å²) in [6.07, 6.45) is -0.705. The van der Waals surface area contributed by atoms with Gasteiger partial charge in [0.25, 0.3) is 12.3 Å². The van der Waals surface area contributed by atoms with Crippen molar-refractivity contribution in [2.75, 3.05) is 0 Å². The van der Waals surface area contributed by atoms with Crippen molar-refractivity contribution in [1.29, 1.82) is 0 Å². The van der Waals surface area contributed by atoms with E-state index in [1.165, 1.54) is 13.1 Å². The molecule has 0 N–H and O–H groups in total. The Morgan fingerprint density at radius 3 is 2.57 bits per heavy atom. The average Bonchev–Trinajstić information content (AvgIpc) is 3.03. The molecule has 0 saturated heterocycles. The Morgan fingerprint density at radius 2 is 1.96 bits per heavy atom.